The lowest BCUT2D eigenvalue weighted by Crippen LogP contribution is -2.66. The average molecular weight is 409 g/mol. The summed E-state index contributed by atoms with van der Waals surface area (Å²) in [6.45, 7) is 2.52. The van der Waals surface area contributed by atoms with Gasteiger partial charge >= 0.3 is 6.15 Å². The zero-order valence-electron chi connectivity index (χ0n) is 15.8. The van der Waals surface area contributed by atoms with E-state index in [2.05, 4.69) is 5.32 Å². The normalized spacial score (nSPS) is 40.6. The minimum atomic E-state index is -1.41. The highest BCUT2D eigenvalue weighted by Gasteiger charge is 2.48. The van der Waals surface area contributed by atoms with E-state index in [1.165, 1.54) is 14.0 Å². The summed E-state index contributed by atoms with van der Waals surface area (Å²) in [5.74, 6) is -0.353. The van der Waals surface area contributed by atoms with Crippen LogP contribution in [0.2, 0.25) is 0 Å². The Labute approximate surface area is 161 Å². The van der Waals surface area contributed by atoms with Crippen LogP contribution in [0.25, 0.3) is 0 Å². The molecule has 28 heavy (non-hydrogen) atoms. The van der Waals surface area contributed by atoms with Gasteiger partial charge in [-0.05, 0) is 6.92 Å². The second kappa shape index (κ2) is 11.5. The van der Waals surface area contributed by atoms with Gasteiger partial charge < -0.3 is 44.7 Å². The maximum absolute atomic E-state index is 11.5. The molecule has 2 heterocycles. The van der Waals surface area contributed by atoms with Gasteiger partial charge in [-0.1, -0.05) is 0 Å². The van der Waals surface area contributed by atoms with Gasteiger partial charge in [0.1, 0.15) is 36.6 Å². The number of carbonyl (C=O) groups is 1. The molecule has 9 atom stereocenters. The summed E-state index contributed by atoms with van der Waals surface area (Å²) in [5.41, 5.74) is 0. The third-order valence-electron chi connectivity index (χ3n) is 4.54. The predicted octanol–water partition coefficient (Wildman–Crippen LogP) is -3.47. The molecule has 0 aromatic carbocycles. The predicted molar refractivity (Wildman–Crippen MR) is 87.5 cm³/mol. The molecule has 0 bridgehead atoms. The lowest BCUT2D eigenvalue weighted by molar-refractivity contribution is -0.312. The number of methoxy groups -OCH3 is 1. The summed E-state index contributed by atoms with van der Waals surface area (Å²) in [6.07, 6.45) is -8.09. The van der Waals surface area contributed by atoms with Crippen LogP contribution in [-0.2, 0) is 33.3 Å². The molecule has 2 fully saturated rings. The van der Waals surface area contributed by atoms with E-state index in [0.717, 1.165) is 0 Å². The fourth-order valence-corrected chi connectivity index (χ4v) is 3.13. The molecule has 162 valence electrons. The van der Waals surface area contributed by atoms with Gasteiger partial charge in [0.05, 0.1) is 25.4 Å². The second-order valence-electron chi connectivity index (χ2n) is 6.42. The van der Waals surface area contributed by atoms with Crippen molar-refractivity contribution in [3.63, 3.8) is 0 Å². The third-order valence-corrected chi connectivity index (χ3v) is 4.54. The molecule has 0 aromatic rings. The molecule has 1 amide bonds. The molecule has 2 rings (SSSR count). The van der Waals surface area contributed by atoms with Crippen LogP contribution in [0.5, 0.6) is 0 Å². The van der Waals surface area contributed by atoms with Crippen LogP contribution < -0.4 is 5.32 Å². The number of hydrogen-bond donors (Lipinski definition) is 5. The summed E-state index contributed by atoms with van der Waals surface area (Å²) in [6, 6.07) is -0.733. The van der Waals surface area contributed by atoms with E-state index in [0.29, 0.717) is 0 Å². The Morgan fingerprint density at radius 3 is 2.32 bits per heavy atom. The number of aliphatic hydroxyl groups excluding tert-OH is 4. The number of aliphatic hydroxyl groups is 4. The number of ether oxygens (including phenoxy) is 4. The van der Waals surface area contributed by atoms with Crippen LogP contribution in [0.3, 0.4) is 0 Å². The lowest BCUT2D eigenvalue weighted by Gasteiger charge is -2.46. The Morgan fingerprint density at radius 2 is 1.82 bits per heavy atom. The van der Waals surface area contributed by atoms with Crippen molar-refractivity contribution in [2.75, 3.05) is 20.3 Å². The SMILES string of the molecule is CO[C@@H]1CO[C@@H](O[C@@H]2C(NC(C)=O)[C@H](C)OC(CO)[C@H]2O)C(O)[C@H]1O.O=C=O. The maximum atomic E-state index is 11.5. The van der Waals surface area contributed by atoms with E-state index in [9.17, 15) is 25.2 Å². The zero-order valence-corrected chi connectivity index (χ0v) is 15.8. The van der Waals surface area contributed by atoms with Gasteiger partial charge in [-0.15, -0.1) is 0 Å². The minimum Gasteiger partial charge on any atom is -0.394 e. The maximum Gasteiger partial charge on any atom is 0.373 e. The highest BCUT2D eigenvalue weighted by atomic mass is 16.7. The molecule has 0 saturated carbocycles. The first-order valence-corrected chi connectivity index (χ1v) is 8.58. The van der Waals surface area contributed by atoms with Crippen molar-refractivity contribution < 1.29 is 53.8 Å². The van der Waals surface area contributed by atoms with Gasteiger partial charge in [0, 0.05) is 14.0 Å². The molecule has 2 aliphatic heterocycles. The summed E-state index contributed by atoms with van der Waals surface area (Å²) < 4.78 is 21.6. The van der Waals surface area contributed by atoms with Crippen molar-refractivity contribution in [1.29, 1.82) is 0 Å². The summed E-state index contributed by atoms with van der Waals surface area (Å²) >= 11 is 0. The molecule has 2 saturated heterocycles. The van der Waals surface area contributed by atoms with Crippen molar-refractivity contribution >= 4 is 12.1 Å². The van der Waals surface area contributed by atoms with Crippen molar-refractivity contribution in [3.8, 4) is 0 Å². The Hall–Kier alpha value is -1.47. The molecule has 0 spiro atoms. The van der Waals surface area contributed by atoms with E-state index in [4.69, 9.17) is 28.5 Å². The van der Waals surface area contributed by atoms with Gasteiger partial charge in [-0.25, -0.2) is 0 Å². The molecule has 5 N–H and O–H groups in total. The Bertz CT molecular complexity index is 527. The summed E-state index contributed by atoms with van der Waals surface area (Å²) in [7, 11) is 1.38. The van der Waals surface area contributed by atoms with Gasteiger partial charge in [-0.2, -0.15) is 9.59 Å². The van der Waals surface area contributed by atoms with Crippen LogP contribution in [0.1, 0.15) is 13.8 Å². The largest absolute Gasteiger partial charge is 0.394 e. The van der Waals surface area contributed by atoms with Crippen molar-refractivity contribution in [3.05, 3.63) is 0 Å². The molecule has 0 aromatic heterocycles. The smallest absolute Gasteiger partial charge is 0.373 e. The van der Waals surface area contributed by atoms with Crippen LogP contribution in [0.15, 0.2) is 0 Å². The summed E-state index contributed by atoms with van der Waals surface area (Å²) in [4.78, 5) is 27.7. The first kappa shape index (κ1) is 24.6. The standard InChI is InChI=1S/C15H27NO9.CO2/c1-6-10(16-7(2)18)14(12(20)8(4-17)24-6)25-15-13(21)11(19)9(22-3)5-23-15;2-1-3/h6,8-15,17,19-21H,4-5H2,1-3H3,(H,16,18);/t6-,8?,9+,10?,11-,12+,13?,14+,15-;/m0./s1. The first-order chi connectivity index (χ1) is 13.2. The van der Waals surface area contributed by atoms with Gasteiger partial charge in [-0.3, -0.25) is 4.79 Å². The van der Waals surface area contributed by atoms with E-state index in [-0.39, 0.29) is 18.7 Å². The number of rotatable bonds is 5. The van der Waals surface area contributed by atoms with E-state index in [1.807, 2.05) is 0 Å². The quantitative estimate of drug-likeness (QED) is 0.304. The van der Waals surface area contributed by atoms with E-state index >= 15 is 0 Å². The molecule has 0 radical (unpaired) electrons. The molecular weight excluding hydrogens is 382 g/mol. The average Bonchev–Trinajstić information content (AvgIpc) is 2.64. The molecule has 12 nitrogen and oxygen atoms in total. The van der Waals surface area contributed by atoms with Crippen LogP contribution in [0, 0.1) is 0 Å². The third kappa shape index (κ3) is 6.01. The molecule has 3 unspecified atom stereocenters. The van der Waals surface area contributed by atoms with E-state index in [1.54, 1.807) is 6.92 Å². The molecule has 2 aliphatic rings. The first-order valence-electron chi connectivity index (χ1n) is 8.58. The van der Waals surface area contributed by atoms with Gasteiger partial charge in [0.15, 0.2) is 6.29 Å². The van der Waals surface area contributed by atoms with E-state index < -0.39 is 61.7 Å². The Kier molecular flexibility index (Phi) is 10.1. The molecule has 0 aliphatic carbocycles. The highest BCUT2D eigenvalue weighted by Crippen LogP contribution is 2.27. The number of hydrogen-bond acceptors (Lipinski definition) is 11. The molecular formula is C16H27NO11. The Morgan fingerprint density at radius 1 is 1.21 bits per heavy atom. The monoisotopic (exact) mass is 409 g/mol. The minimum absolute atomic E-state index is 0.0114. The second-order valence-corrected chi connectivity index (χ2v) is 6.42. The fraction of sp³-hybridized carbons (Fsp3) is 0.875. The number of amides is 1. The van der Waals surface area contributed by atoms with Crippen molar-refractivity contribution in [2.45, 2.75) is 68.9 Å². The topological polar surface area (TPSA) is 181 Å². The van der Waals surface area contributed by atoms with Crippen molar-refractivity contribution in [2.24, 2.45) is 0 Å². The zero-order chi connectivity index (χ0) is 21.4. The summed E-state index contributed by atoms with van der Waals surface area (Å²) in [5, 5.41) is 42.6. The molecule has 12 heteroatoms. The lowest BCUT2D eigenvalue weighted by atomic mass is 9.93. The Balaban J connectivity index is 0.00000122. The van der Waals surface area contributed by atoms with Crippen LogP contribution in [0.4, 0.5) is 0 Å². The van der Waals surface area contributed by atoms with Crippen molar-refractivity contribution in [1.82, 2.24) is 5.32 Å². The fourth-order valence-electron chi connectivity index (χ4n) is 3.13. The number of carbonyl (C=O) groups excluding carboxylic acids is 3. The van der Waals surface area contributed by atoms with Gasteiger partial charge in [0.25, 0.3) is 0 Å². The van der Waals surface area contributed by atoms with Crippen LogP contribution in [-0.4, -0.2) is 108 Å². The highest BCUT2D eigenvalue weighted by molar-refractivity contribution is 5.73. The van der Waals surface area contributed by atoms with Crippen LogP contribution >= 0.6 is 0 Å². The number of nitrogens with one attached hydrogen (secondary N) is 1. The van der Waals surface area contributed by atoms with Gasteiger partial charge in [0.2, 0.25) is 5.91 Å².